The molecule has 0 unspecified atom stereocenters. The Morgan fingerprint density at radius 2 is 1.55 bits per heavy atom. The maximum Gasteiger partial charge on any atom is 0.145 e. The lowest BCUT2D eigenvalue weighted by atomic mass is 9.95. The molecule has 0 aliphatic rings. The summed E-state index contributed by atoms with van der Waals surface area (Å²) in [5.41, 5.74) is 9.36. The van der Waals surface area contributed by atoms with Gasteiger partial charge in [0.25, 0.3) is 0 Å². The van der Waals surface area contributed by atoms with E-state index in [4.69, 9.17) is 4.98 Å². The highest BCUT2D eigenvalue weighted by Gasteiger charge is 2.17. The van der Waals surface area contributed by atoms with Crippen LogP contribution in [0.3, 0.4) is 0 Å². The van der Waals surface area contributed by atoms with E-state index < -0.39 is 0 Å². The van der Waals surface area contributed by atoms with Gasteiger partial charge in [-0.25, -0.2) is 9.97 Å². The van der Waals surface area contributed by atoms with Crippen molar-refractivity contribution in [2.75, 3.05) is 0 Å². The SMILES string of the molecule is CCc1cccc(CC)c1-c1cn2c3cc4c(cc3c3ccccc3c2n1)ncn4C. The van der Waals surface area contributed by atoms with E-state index in [2.05, 4.69) is 88.6 Å². The first-order valence-electron chi connectivity index (χ1n) is 10.9. The minimum atomic E-state index is 0.994. The van der Waals surface area contributed by atoms with Crippen molar-refractivity contribution >= 4 is 38.4 Å². The Bertz CT molecular complexity index is 1600. The zero-order valence-electron chi connectivity index (χ0n) is 18.1. The molecule has 0 bridgehead atoms. The summed E-state index contributed by atoms with van der Waals surface area (Å²) in [6, 6.07) is 19.7. The molecule has 0 amide bonds. The van der Waals surface area contributed by atoms with Crippen LogP contribution >= 0.6 is 0 Å². The molecule has 0 saturated heterocycles. The van der Waals surface area contributed by atoms with Crippen LogP contribution in [-0.4, -0.2) is 18.9 Å². The van der Waals surface area contributed by atoms with Crippen molar-refractivity contribution in [2.45, 2.75) is 26.7 Å². The molecule has 6 rings (SSSR count). The highest BCUT2D eigenvalue weighted by atomic mass is 15.0. The summed E-state index contributed by atoms with van der Waals surface area (Å²) >= 11 is 0. The zero-order valence-corrected chi connectivity index (χ0v) is 18.1. The van der Waals surface area contributed by atoms with Gasteiger partial charge in [0.2, 0.25) is 0 Å². The van der Waals surface area contributed by atoms with Crippen LogP contribution in [0.4, 0.5) is 0 Å². The van der Waals surface area contributed by atoms with E-state index in [9.17, 15) is 0 Å². The molecule has 0 atom stereocenters. The van der Waals surface area contributed by atoms with Gasteiger partial charge in [-0.3, -0.25) is 4.40 Å². The molecule has 0 spiro atoms. The third kappa shape index (κ3) is 2.54. The van der Waals surface area contributed by atoms with Crippen LogP contribution in [0, 0.1) is 0 Å². The number of nitrogens with zero attached hydrogens (tertiary/aromatic N) is 4. The summed E-state index contributed by atoms with van der Waals surface area (Å²) in [5, 5.41) is 3.59. The Hall–Kier alpha value is -3.66. The van der Waals surface area contributed by atoms with Crippen LogP contribution < -0.4 is 0 Å². The highest BCUT2D eigenvalue weighted by molar-refractivity contribution is 6.14. The smallest absolute Gasteiger partial charge is 0.145 e. The molecule has 0 N–H and O–H groups in total. The number of pyridine rings is 1. The van der Waals surface area contributed by atoms with Crippen molar-refractivity contribution in [2.24, 2.45) is 7.05 Å². The van der Waals surface area contributed by atoms with E-state index in [0.29, 0.717) is 0 Å². The number of fused-ring (bicyclic) bond motifs is 7. The molecule has 3 heterocycles. The van der Waals surface area contributed by atoms with Crippen molar-refractivity contribution in [1.82, 2.24) is 18.9 Å². The molecule has 31 heavy (non-hydrogen) atoms. The van der Waals surface area contributed by atoms with E-state index in [0.717, 1.165) is 40.7 Å². The lowest BCUT2D eigenvalue weighted by Crippen LogP contribution is -1.94. The van der Waals surface area contributed by atoms with Gasteiger partial charge in [-0.15, -0.1) is 0 Å². The molecule has 6 aromatic rings. The molecule has 0 aliphatic heterocycles. The Kier molecular flexibility index (Phi) is 3.90. The van der Waals surface area contributed by atoms with E-state index >= 15 is 0 Å². The monoisotopic (exact) mass is 404 g/mol. The van der Waals surface area contributed by atoms with Crippen LogP contribution in [0.2, 0.25) is 0 Å². The highest BCUT2D eigenvalue weighted by Crippen LogP contribution is 2.35. The second kappa shape index (κ2) is 6.67. The molecule has 4 nitrogen and oxygen atoms in total. The summed E-state index contributed by atoms with van der Waals surface area (Å²) in [7, 11) is 2.05. The third-order valence-corrected chi connectivity index (χ3v) is 6.52. The number of rotatable bonds is 3. The predicted octanol–water partition coefficient (Wildman–Crippen LogP) is 6.32. The van der Waals surface area contributed by atoms with Gasteiger partial charge in [-0.1, -0.05) is 56.3 Å². The van der Waals surface area contributed by atoms with Crippen molar-refractivity contribution in [3.05, 3.63) is 78.2 Å². The molecule has 0 fully saturated rings. The van der Waals surface area contributed by atoms with Crippen molar-refractivity contribution in [3.8, 4) is 11.3 Å². The molecule has 3 aromatic heterocycles. The van der Waals surface area contributed by atoms with Gasteiger partial charge in [-0.2, -0.15) is 0 Å². The van der Waals surface area contributed by atoms with E-state index in [1.807, 2.05) is 13.4 Å². The number of aromatic nitrogens is 4. The number of hydrogen-bond donors (Lipinski definition) is 0. The molecule has 0 saturated carbocycles. The van der Waals surface area contributed by atoms with Crippen molar-refractivity contribution < 1.29 is 0 Å². The fourth-order valence-corrected chi connectivity index (χ4v) is 4.94. The standard InChI is InChI=1S/C27H24N4/c1-4-17-9-8-10-18(5-2)26(17)23-15-31-24-14-25-22(28-16-30(25)3)13-21(24)19-11-6-7-12-20(19)27(31)29-23/h6-16H,4-5H2,1-3H3. The maximum atomic E-state index is 5.21. The lowest BCUT2D eigenvalue weighted by molar-refractivity contribution is 0.948. The first kappa shape index (κ1) is 18.1. The fourth-order valence-electron chi connectivity index (χ4n) is 4.94. The Morgan fingerprint density at radius 1 is 0.806 bits per heavy atom. The number of hydrogen-bond acceptors (Lipinski definition) is 2. The summed E-state index contributed by atoms with van der Waals surface area (Å²) < 4.78 is 4.35. The summed E-state index contributed by atoms with van der Waals surface area (Å²) in [6.45, 7) is 4.44. The summed E-state index contributed by atoms with van der Waals surface area (Å²) in [6.07, 6.45) is 6.09. The van der Waals surface area contributed by atoms with Crippen molar-refractivity contribution in [3.63, 3.8) is 0 Å². The second-order valence-electron chi connectivity index (χ2n) is 8.24. The maximum absolute atomic E-state index is 5.21. The normalized spacial score (nSPS) is 12.0. The van der Waals surface area contributed by atoms with Crippen LogP contribution in [-0.2, 0) is 19.9 Å². The fraction of sp³-hybridized carbons (Fsp3) is 0.185. The second-order valence-corrected chi connectivity index (χ2v) is 8.24. The molecule has 4 heteroatoms. The molecule has 152 valence electrons. The van der Waals surface area contributed by atoms with Gasteiger partial charge < -0.3 is 4.57 Å². The Balaban J connectivity index is 1.80. The zero-order chi connectivity index (χ0) is 21.1. The van der Waals surface area contributed by atoms with Crippen LogP contribution in [0.1, 0.15) is 25.0 Å². The van der Waals surface area contributed by atoms with Gasteiger partial charge in [0.15, 0.2) is 0 Å². The number of imidazole rings is 2. The minimum absolute atomic E-state index is 0.994. The topological polar surface area (TPSA) is 35.1 Å². The van der Waals surface area contributed by atoms with Gasteiger partial charge in [-0.05, 0) is 41.5 Å². The molecule has 0 radical (unpaired) electrons. The summed E-state index contributed by atoms with van der Waals surface area (Å²) in [4.78, 5) is 9.80. The van der Waals surface area contributed by atoms with Gasteiger partial charge >= 0.3 is 0 Å². The largest absolute Gasteiger partial charge is 0.334 e. The van der Waals surface area contributed by atoms with Crippen LogP contribution in [0.15, 0.2) is 67.1 Å². The van der Waals surface area contributed by atoms with Gasteiger partial charge in [0.05, 0.1) is 28.6 Å². The third-order valence-electron chi connectivity index (χ3n) is 6.52. The average Bonchev–Trinajstić information content (AvgIpc) is 3.41. The Morgan fingerprint density at radius 3 is 2.29 bits per heavy atom. The molecular formula is C27H24N4. The van der Waals surface area contributed by atoms with E-state index in [1.54, 1.807) is 0 Å². The minimum Gasteiger partial charge on any atom is -0.334 e. The predicted molar refractivity (Wildman–Crippen MR) is 129 cm³/mol. The van der Waals surface area contributed by atoms with Crippen molar-refractivity contribution in [1.29, 1.82) is 0 Å². The van der Waals surface area contributed by atoms with Gasteiger partial charge in [0, 0.05) is 29.6 Å². The summed E-state index contributed by atoms with van der Waals surface area (Å²) in [5.74, 6) is 0. The van der Waals surface area contributed by atoms with Crippen LogP contribution in [0.25, 0.3) is 49.6 Å². The molecular weight excluding hydrogens is 380 g/mol. The quantitative estimate of drug-likeness (QED) is 0.324. The number of benzene rings is 3. The average molecular weight is 405 g/mol. The lowest BCUT2D eigenvalue weighted by Gasteiger charge is -2.10. The number of aryl methyl sites for hydroxylation is 3. The molecule has 3 aromatic carbocycles. The van der Waals surface area contributed by atoms with E-state index in [-0.39, 0.29) is 0 Å². The van der Waals surface area contributed by atoms with Crippen LogP contribution in [0.5, 0.6) is 0 Å². The van der Waals surface area contributed by atoms with E-state index in [1.165, 1.54) is 32.8 Å². The van der Waals surface area contributed by atoms with Gasteiger partial charge in [0.1, 0.15) is 5.65 Å². The Labute approximate surface area is 180 Å². The first-order chi connectivity index (χ1) is 15.2. The first-order valence-corrected chi connectivity index (χ1v) is 10.9. The molecule has 0 aliphatic carbocycles.